The zero-order valence-corrected chi connectivity index (χ0v) is 11.7. The van der Waals surface area contributed by atoms with Gasteiger partial charge >= 0.3 is 5.97 Å². The zero-order chi connectivity index (χ0) is 14.5. The molecule has 0 aliphatic heterocycles. The van der Waals surface area contributed by atoms with E-state index in [2.05, 4.69) is 35.9 Å². The van der Waals surface area contributed by atoms with Gasteiger partial charge in [0, 0.05) is 30.5 Å². The topological polar surface area (TPSA) is 53.4 Å². The molecule has 0 amide bonds. The largest absolute Gasteiger partial charge is 0.477 e. The minimum Gasteiger partial charge on any atom is -0.477 e. The lowest BCUT2D eigenvalue weighted by atomic mass is 10.1. The van der Waals surface area contributed by atoms with Gasteiger partial charge in [-0.15, -0.1) is 0 Å². The molecular weight excluding hydrogens is 252 g/mol. The fraction of sp³-hybridized carbons (Fsp3) is 0.250. The van der Waals surface area contributed by atoms with Gasteiger partial charge in [0.05, 0.1) is 0 Å². The van der Waals surface area contributed by atoms with E-state index >= 15 is 0 Å². The third-order valence-electron chi connectivity index (χ3n) is 3.29. The lowest BCUT2D eigenvalue weighted by Gasteiger charge is -2.25. The first-order chi connectivity index (χ1) is 9.63. The van der Waals surface area contributed by atoms with Crippen molar-refractivity contribution in [1.29, 1.82) is 0 Å². The number of rotatable bonds is 5. The molecule has 2 rings (SSSR count). The average molecular weight is 270 g/mol. The van der Waals surface area contributed by atoms with Gasteiger partial charge in [0.15, 0.2) is 5.69 Å². The number of aryl methyl sites for hydroxylation is 1. The molecule has 4 nitrogen and oxygen atoms in total. The summed E-state index contributed by atoms with van der Waals surface area (Å²) < 4.78 is 0. The maximum atomic E-state index is 11.2. The molecule has 0 spiro atoms. The van der Waals surface area contributed by atoms with Gasteiger partial charge in [-0.25, -0.2) is 9.78 Å². The lowest BCUT2D eigenvalue weighted by Crippen LogP contribution is -2.24. The molecule has 1 heterocycles. The molecule has 1 aromatic heterocycles. The molecule has 0 radical (unpaired) electrons. The molecule has 4 heteroatoms. The normalized spacial score (nSPS) is 10.3. The van der Waals surface area contributed by atoms with Crippen LogP contribution in [0.5, 0.6) is 0 Å². The van der Waals surface area contributed by atoms with Crippen LogP contribution in [0.2, 0.25) is 0 Å². The highest BCUT2D eigenvalue weighted by atomic mass is 16.4. The van der Waals surface area contributed by atoms with Crippen molar-refractivity contribution in [2.24, 2.45) is 0 Å². The maximum absolute atomic E-state index is 11.2. The zero-order valence-electron chi connectivity index (χ0n) is 11.7. The van der Waals surface area contributed by atoms with Gasteiger partial charge < -0.3 is 10.0 Å². The molecular formula is C16H18N2O2. The van der Waals surface area contributed by atoms with Crippen molar-refractivity contribution in [3.63, 3.8) is 0 Å². The number of anilines is 1. The van der Waals surface area contributed by atoms with Crippen LogP contribution in [0.1, 0.15) is 28.5 Å². The number of aromatic nitrogens is 1. The fourth-order valence-corrected chi connectivity index (χ4v) is 2.25. The van der Waals surface area contributed by atoms with Gasteiger partial charge in [-0.3, -0.25) is 0 Å². The van der Waals surface area contributed by atoms with Crippen LogP contribution < -0.4 is 4.90 Å². The fourth-order valence-electron chi connectivity index (χ4n) is 2.25. The molecule has 0 aliphatic rings. The van der Waals surface area contributed by atoms with E-state index in [1.165, 1.54) is 11.8 Å². The molecule has 0 fully saturated rings. The molecule has 0 saturated carbocycles. The van der Waals surface area contributed by atoms with Crippen molar-refractivity contribution in [3.8, 4) is 0 Å². The Balaban J connectivity index is 2.32. The quantitative estimate of drug-likeness (QED) is 0.907. The van der Waals surface area contributed by atoms with Gasteiger partial charge in [-0.2, -0.15) is 0 Å². The summed E-state index contributed by atoms with van der Waals surface area (Å²) in [5, 5.41) is 9.20. The number of pyridine rings is 1. The Labute approximate surface area is 118 Å². The van der Waals surface area contributed by atoms with E-state index in [-0.39, 0.29) is 5.69 Å². The van der Waals surface area contributed by atoms with Crippen LogP contribution in [0.25, 0.3) is 0 Å². The Morgan fingerprint density at radius 1 is 1.25 bits per heavy atom. The maximum Gasteiger partial charge on any atom is 0.354 e. The second kappa shape index (κ2) is 6.19. The third kappa shape index (κ3) is 2.96. The molecule has 0 aliphatic carbocycles. The number of nitrogens with zero attached hydrogens (tertiary/aromatic N) is 2. The first-order valence-electron chi connectivity index (χ1n) is 6.61. The predicted molar refractivity (Wildman–Crippen MR) is 79.1 cm³/mol. The van der Waals surface area contributed by atoms with Gasteiger partial charge in [0.2, 0.25) is 0 Å². The third-order valence-corrected chi connectivity index (χ3v) is 3.29. The van der Waals surface area contributed by atoms with Crippen molar-refractivity contribution in [3.05, 3.63) is 59.4 Å². The number of hydrogen-bond acceptors (Lipinski definition) is 3. The number of benzene rings is 1. The Kier molecular flexibility index (Phi) is 4.35. The molecule has 2 aromatic rings. The average Bonchev–Trinajstić information content (AvgIpc) is 2.46. The van der Waals surface area contributed by atoms with Crippen molar-refractivity contribution in [2.45, 2.75) is 20.4 Å². The Hall–Kier alpha value is -2.36. The van der Waals surface area contributed by atoms with Crippen molar-refractivity contribution < 1.29 is 9.90 Å². The molecule has 0 atom stereocenters. The van der Waals surface area contributed by atoms with E-state index in [9.17, 15) is 9.90 Å². The van der Waals surface area contributed by atoms with Crippen LogP contribution >= 0.6 is 0 Å². The van der Waals surface area contributed by atoms with Crippen LogP contribution in [0.15, 0.2) is 42.6 Å². The van der Waals surface area contributed by atoms with E-state index in [4.69, 9.17) is 0 Å². The molecule has 0 saturated heterocycles. The van der Waals surface area contributed by atoms with Crippen LogP contribution in [-0.4, -0.2) is 22.6 Å². The molecule has 0 unspecified atom stereocenters. The van der Waals surface area contributed by atoms with Crippen LogP contribution in [0.3, 0.4) is 0 Å². The Morgan fingerprint density at radius 3 is 2.65 bits per heavy atom. The van der Waals surface area contributed by atoms with E-state index in [0.717, 1.165) is 17.8 Å². The summed E-state index contributed by atoms with van der Waals surface area (Å²) in [4.78, 5) is 17.3. The molecule has 1 N–H and O–H groups in total. The highest BCUT2D eigenvalue weighted by Gasteiger charge is 2.14. The smallest absolute Gasteiger partial charge is 0.354 e. The monoisotopic (exact) mass is 270 g/mol. The number of hydrogen-bond donors (Lipinski definition) is 1. The van der Waals surface area contributed by atoms with Crippen LogP contribution in [0.4, 0.5) is 5.69 Å². The highest BCUT2D eigenvalue weighted by Crippen LogP contribution is 2.22. The number of carboxylic acids is 1. The Bertz CT molecular complexity index is 611. The summed E-state index contributed by atoms with van der Waals surface area (Å²) in [5.41, 5.74) is 3.15. The standard InChI is InChI=1S/C16H18N2O2/c1-3-18(14-9-5-4-7-12(14)2)11-13-8-6-10-17-15(13)16(19)20/h4-10H,3,11H2,1-2H3,(H,19,20). The first-order valence-corrected chi connectivity index (χ1v) is 6.61. The van der Waals surface area contributed by atoms with Crippen molar-refractivity contribution in [2.75, 3.05) is 11.4 Å². The van der Waals surface area contributed by atoms with E-state index < -0.39 is 5.97 Å². The van der Waals surface area contributed by atoms with Crippen LogP contribution in [-0.2, 0) is 6.54 Å². The van der Waals surface area contributed by atoms with Gasteiger partial charge in [-0.05, 0) is 31.5 Å². The minimum absolute atomic E-state index is 0.125. The number of aromatic carboxylic acids is 1. The predicted octanol–water partition coefficient (Wildman–Crippen LogP) is 3.11. The molecule has 0 bridgehead atoms. The van der Waals surface area contributed by atoms with Crippen molar-refractivity contribution >= 4 is 11.7 Å². The lowest BCUT2D eigenvalue weighted by molar-refractivity contribution is 0.0689. The molecule has 20 heavy (non-hydrogen) atoms. The summed E-state index contributed by atoms with van der Waals surface area (Å²) in [7, 11) is 0. The molecule has 104 valence electrons. The summed E-state index contributed by atoms with van der Waals surface area (Å²) in [6.07, 6.45) is 1.51. The second-order valence-electron chi connectivity index (χ2n) is 4.62. The van der Waals surface area contributed by atoms with E-state index in [1.807, 2.05) is 18.2 Å². The first kappa shape index (κ1) is 14.1. The van der Waals surface area contributed by atoms with Gasteiger partial charge in [0.25, 0.3) is 0 Å². The Morgan fingerprint density at radius 2 is 2.00 bits per heavy atom. The SMILES string of the molecule is CCN(Cc1cccnc1C(=O)O)c1ccccc1C. The highest BCUT2D eigenvalue weighted by molar-refractivity contribution is 5.87. The van der Waals surface area contributed by atoms with Gasteiger partial charge in [0.1, 0.15) is 0 Å². The van der Waals surface area contributed by atoms with Crippen LogP contribution in [0, 0.1) is 6.92 Å². The number of carboxylic acid groups (broad SMARTS) is 1. The summed E-state index contributed by atoms with van der Waals surface area (Å²) in [6.45, 7) is 5.46. The summed E-state index contributed by atoms with van der Waals surface area (Å²) >= 11 is 0. The van der Waals surface area contributed by atoms with Crippen molar-refractivity contribution in [1.82, 2.24) is 4.98 Å². The number of carbonyl (C=O) groups is 1. The number of para-hydroxylation sites is 1. The van der Waals surface area contributed by atoms with E-state index in [1.54, 1.807) is 6.07 Å². The van der Waals surface area contributed by atoms with Gasteiger partial charge in [-0.1, -0.05) is 24.3 Å². The molecule has 1 aromatic carbocycles. The summed E-state index contributed by atoms with van der Waals surface area (Å²) in [5.74, 6) is -0.985. The minimum atomic E-state index is -0.985. The van der Waals surface area contributed by atoms with E-state index in [0.29, 0.717) is 6.54 Å². The second-order valence-corrected chi connectivity index (χ2v) is 4.62. The summed E-state index contributed by atoms with van der Waals surface area (Å²) in [6, 6.07) is 11.7.